The number of likely N-dealkylation sites (N-methyl/N-ethyl adjacent to an activating group) is 1. The molecule has 0 heterocycles. The maximum Gasteiger partial charge on any atom is 0.239 e. The Bertz CT molecular complexity index is 267. The molecule has 98 valence electrons. The van der Waals surface area contributed by atoms with Crippen molar-refractivity contribution in [1.29, 1.82) is 0 Å². The molecule has 0 saturated heterocycles. The number of unbranched alkanes of at least 4 members (excludes halogenated alkanes) is 2. The van der Waals surface area contributed by atoms with E-state index < -0.39 is 0 Å². The molecule has 0 fully saturated rings. The van der Waals surface area contributed by atoms with Gasteiger partial charge in [-0.3, -0.25) is 14.4 Å². The van der Waals surface area contributed by atoms with Crippen molar-refractivity contribution in [3.05, 3.63) is 0 Å². The Kier molecular flexibility index (Phi) is 8.72. The summed E-state index contributed by atoms with van der Waals surface area (Å²) in [4.78, 5) is 33.3. The zero-order chi connectivity index (χ0) is 13.1. The van der Waals surface area contributed by atoms with E-state index in [1.54, 1.807) is 0 Å². The minimum atomic E-state index is -0.363. The number of rotatable bonds is 8. The molecule has 0 spiro atoms. The summed E-state index contributed by atoms with van der Waals surface area (Å²) in [7, 11) is 1.49. The topological polar surface area (TPSA) is 87.3 Å². The molecule has 0 saturated carbocycles. The molecule has 6 nitrogen and oxygen atoms in total. The van der Waals surface area contributed by atoms with Crippen molar-refractivity contribution in [2.75, 3.05) is 20.1 Å². The number of hydrogen-bond donors (Lipinski definition) is 3. The molecular weight excluding hydrogens is 222 g/mol. The van der Waals surface area contributed by atoms with Crippen LogP contribution in [0.1, 0.15) is 32.6 Å². The Hall–Kier alpha value is -1.59. The maximum atomic E-state index is 11.2. The summed E-state index contributed by atoms with van der Waals surface area (Å²) in [5, 5.41) is 7.27. The van der Waals surface area contributed by atoms with Crippen molar-refractivity contribution < 1.29 is 14.4 Å². The second kappa shape index (κ2) is 9.62. The lowest BCUT2D eigenvalue weighted by atomic mass is 10.2. The number of carbonyl (C=O) groups is 3. The molecule has 3 N–H and O–H groups in total. The molecule has 17 heavy (non-hydrogen) atoms. The summed E-state index contributed by atoms with van der Waals surface area (Å²) in [5.74, 6) is -0.765. The van der Waals surface area contributed by atoms with Crippen molar-refractivity contribution in [2.45, 2.75) is 32.6 Å². The van der Waals surface area contributed by atoms with Crippen molar-refractivity contribution in [1.82, 2.24) is 16.0 Å². The Morgan fingerprint density at radius 3 is 2.06 bits per heavy atom. The molecule has 6 heteroatoms. The number of carbonyl (C=O) groups excluding carboxylic acids is 3. The molecule has 0 aliphatic heterocycles. The van der Waals surface area contributed by atoms with Gasteiger partial charge in [-0.1, -0.05) is 19.8 Å². The van der Waals surface area contributed by atoms with E-state index in [2.05, 4.69) is 22.9 Å². The van der Waals surface area contributed by atoms with Crippen LogP contribution < -0.4 is 16.0 Å². The van der Waals surface area contributed by atoms with Gasteiger partial charge in [-0.25, -0.2) is 0 Å². The Morgan fingerprint density at radius 1 is 0.882 bits per heavy atom. The number of hydrogen-bond acceptors (Lipinski definition) is 3. The third kappa shape index (κ3) is 9.35. The van der Waals surface area contributed by atoms with Crippen LogP contribution in [0, 0.1) is 0 Å². The quantitative estimate of drug-likeness (QED) is 0.504. The summed E-state index contributed by atoms with van der Waals surface area (Å²) in [6.45, 7) is 1.91. The van der Waals surface area contributed by atoms with Gasteiger partial charge in [-0.05, 0) is 6.42 Å². The van der Waals surface area contributed by atoms with Crippen LogP contribution in [0.4, 0.5) is 0 Å². The van der Waals surface area contributed by atoms with Crippen LogP contribution in [0.3, 0.4) is 0 Å². The first-order valence-corrected chi connectivity index (χ1v) is 5.84. The third-order valence-electron chi connectivity index (χ3n) is 2.18. The highest BCUT2D eigenvalue weighted by Crippen LogP contribution is 1.97. The van der Waals surface area contributed by atoms with Crippen LogP contribution in [-0.2, 0) is 14.4 Å². The lowest BCUT2D eigenvalue weighted by Gasteiger charge is -2.06. The average molecular weight is 243 g/mol. The molecule has 0 aliphatic carbocycles. The molecule has 0 unspecified atom stereocenters. The minimum absolute atomic E-state index is 0.0684. The normalized spacial score (nSPS) is 9.53. The molecule has 0 aliphatic rings. The van der Waals surface area contributed by atoms with E-state index in [0.29, 0.717) is 6.42 Å². The van der Waals surface area contributed by atoms with Crippen LogP contribution in [0.2, 0.25) is 0 Å². The van der Waals surface area contributed by atoms with Crippen molar-refractivity contribution in [3.8, 4) is 0 Å². The van der Waals surface area contributed by atoms with Gasteiger partial charge in [0.1, 0.15) is 0 Å². The van der Waals surface area contributed by atoms with Gasteiger partial charge in [0.15, 0.2) is 0 Å². The van der Waals surface area contributed by atoms with E-state index in [1.165, 1.54) is 7.05 Å². The fraction of sp³-hybridized carbons (Fsp3) is 0.727. The molecule has 0 aromatic rings. The van der Waals surface area contributed by atoms with E-state index in [1.807, 2.05) is 0 Å². The first-order valence-electron chi connectivity index (χ1n) is 5.84. The van der Waals surface area contributed by atoms with Gasteiger partial charge >= 0.3 is 0 Å². The van der Waals surface area contributed by atoms with E-state index in [4.69, 9.17) is 0 Å². The zero-order valence-corrected chi connectivity index (χ0v) is 10.5. The van der Waals surface area contributed by atoms with Gasteiger partial charge in [0.2, 0.25) is 17.7 Å². The molecule has 0 radical (unpaired) electrons. The summed E-state index contributed by atoms with van der Waals surface area (Å²) in [6.07, 6.45) is 3.34. The predicted octanol–water partition coefficient (Wildman–Crippen LogP) is -0.455. The zero-order valence-electron chi connectivity index (χ0n) is 10.5. The lowest BCUT2D eigenvalue weighted by molar-refractivity contribution is -0.127. The van der Waals surface area contributed by atoms with Gasteiger partial charge < -0.3 is 16.0 Å². The minimum Gasteiger partial charge on any atom is -0.358 e. The molecule has 0 bridgehead atoms. The van der Waals surface area contributed by atoms with Crippen molar-refractivity contribution in [3.63, 3.8) is 0 Å². The molecule has 0 aromatic carbocycles. The largest absolute Gasteiger partial charge is 0.358 e. The Labute approximate surface area is 102 Å². The smallest absolute Gasteiger partial charge is 0.239 e. The van der Waals surface area contributed by atoms with Crippen LogP contribution in [0.5, 0.6) is 0 Å². The summed E-state index contributed by atoms with van der Waals surface area (Å²) in [6, 6.07) is 0. The highest BCUT2D eigenvalue weighted by Gasteiger charge is 2.06. The summed E-state index contributed by atoms with van der Waals surface area (Å²) >= 11 is 0. The standard InChI is InChI=1S/C11H21N3O3/c1-3-4-5-6-9(15)13-8-11(17)14-7-10(16)12-2/h3-8H2,1-2H3,(H,12,16)(H,13,15)(H,14,17). The van der Waals surface area contributed by atoms with Gasteiger partial charge in [-0.15, -0.1) is 0 Å². The fourth-order valence-electron chi connectivity index (χ4n) is 1.13. The predicted molar refractivity (Wildman–Crippen MR) is 64.2 cm³/mol. The first kappa shape index (κ1) is 15.4. The van der Waals surface area contributed by atoms with Gasteiger partial charge in [0, 0.05) is 13.5 Å². The van der Waals surface area contributed by atoms with Gasteiger partial charge in [0.25, 0.3) is 0 Å². The fourth-order valence-corrected chi connectivity index (χ4v) is 1.13. The van der Waals surface area contributed by atoms with E-state index in [9.17, 15) is 14.4 Å². The van der Waals surface area contributed by atoms with Crippen molar-refractivity contribution in [2.24, 2.45) is 0 Å². The molecule has 0 atom stereocenters. The van der Waals surface area contributed by atoms with Crippen molar-refractivity contribution >= 4 is 17.7 Å². The van der Waals surface area contributed by atoms with Crippen LogP contribution in [0.15, 0.2) is 0 Å². The number of nitrogens with one attached hydrogen (secondary N) is 3. The number of amides is 3. The van der Waals surface area contributed by atoms with E-state index in [0.717, 1.165) is 19.3 Å². The lowest BCUT2D eigenvalue weighted by Crippen LogP contribution is -2.41. The molecule has 0 rings (SSSR count). The van der Waals surface area contributed by atoms with E-state index >= 15 is 0 Å². The van der Waals surface area contributed by atoms with E-state index in [-0.39, 0.29) is 30.8 Å². The van der Waals surface area contributed by atoms with Gasteiger partial charge in [0.05, 0.1) is 13.1 Å². The highest BCUT2D eigenvalue weighted by molar-refractivity contribution is 5.88. The van der Waals surface area contributed by atoms with Crippen LogP contribution in [0.25, 0.3) is 0 Å². The third-order valence-corrected chi connectivity index (χ3v) is 2.18. The monoisotopic (exact) mass is 243 g/mol. The second-order valence-electron chi connectivity index (χ2n) is 3.68. The first-order chi connectivity index (χ1) is 8.10. The van der Waals surface area contributed by atoms with Crippen LogP contribution in [-0.4, -0.2) is 37.9 Å². The summed E-state index contributed by atoms with van der Waals surface area (Å²) < 4.78 is 0. The highest BCUT2D eigenvalue weighted by atomic mass is 16.2. The second-order valence-corrected chi connectivity index (χ2v) is 3.68. The molecule has 0 aromatic heterocycles. The van der Waals surface area contributed by atoms with Crippen LogP contribution >= 0.6 is 0 Å². The average Bonchev–Trinajstić information content (AvgIpc) is 2.33. The van der Waals surface area contributed by atoms with Gasteiger partial charge in [-0.2, -0.15) is 0 Å². The Balaban J connectivity index is 3.55. The maximum absolute atomic E-state index is 11.2. The molecular formula is C11H21N3O3. The Morgan fingerprint density at radius 2 is 1.47 bits per heavy atom. The SMILES string of the molecule is CCCCCC(=O)NCC(=O)NCC(=O)NC. The summed E-state index contributed by atoms with van der Waals surface area (Å²) in [5.41, 5.74) is 0. The molecule has 3 amide bonds.